The molecule has 8 nitrogen and oxygen atoms in total. The predicted octanol–water partition coefficient (Wildman–Crippen LogP) is 1.37. The van der Waals surface area contributed by atoms with Gasteiger partial charge in [0.2, 0.25) is 5.91 Å². The molecule has 8 heteroatoms. The first-order valence-corrected chi connectivity index (χ1v) is 8.92. The van der Waals surface area contributed by atoms with E-state index in [1.54, 1.807) is 46.5 Å². The molecule has 0 spiro atoms. The van der Waals surface area contributed by atoms with Gasteiger partial charge in [-0.05, 0) is 30.2 Å². The van der Waals surface area contributed by atoms with E-state index in [4.69, 9.17) is 4.42 Å². The summed E-state index contributed by atoms with van der Waals surface area (Å²) in [5, 5.41) is 0. The number of benzene rings is 1. The Labute approximate surface area is 154 Å². The summed E-state index contributed by atoms with van der Waals surface area (Å²) in [4.78, 5) is 45.5. The molecule has 1 aliphatic rings. The van der Waals surface area contributed by atoms with Gasteiger partial charge in [-0.3, -0.25) is 14.6 Å². The van der Waals surface area contributed by atoms with Crippen LogP contribution in [0, 0.1) is 0 Å². The maximum Gasteiger partial charge on any atom is 0.417 e. The monoisotopic (exact) mass is 368 g/mol. The van der Waals surface area contributed by atoms with Crippen molar-refractivity contribution in [2.75, 3.05) is 26.2 Å². The molecule has 2 N–H and O–H groups in total. The summed E-state index contributed by atoms with van der Waals surface area (Å²) >= 11 is 0. The molecule has 0 radical (unpaired) electrons. The Hall–Kier alpha value is -3.29. The molecule has 1 fully saturated rings. The van der Waals surface area contributed by atoms with Gasteiger partial charge in [-0.1, -0.05) is 6.07 Å². The van der Waals surface area contributed by atoms with Crippen LogP contribution >= 0.6 is 0 Å². The van der Waals surface area contributed by atoms with Crippen LogP contribution in [0.25, 0.3) is 11.1 Å². The summed E-state index contributed by atoms with van der Waals surface area (Å²) in [5.74, 6) is -0.510. The number of rotatable bonds is 3. The highest BCUT2D eigenvalue weighted by Gasteiger charge is 2.23. The number of nitrogens with zero attached hydrogens (tertiary/aromatic N) is 2. The van der Waals surface area contributed by atoms with E-state index in [0.29, 0.717) is 42.8 Å². The standard InChI is InChI=1S/C19H20N4O4/c24-17(11-13-2-3-16-15(10-13)21-19(26)27-16)22-6-1-7-23(9-8-22)18(25)14-4-5-20-12-14/h2-5,10,12,20H,1,6-9,11H2,(H,21,26). The second-order valence-electron chi connectivity index (χ2n) is 6.65. The summed E-state index contributed by atoms with van der Waals surface area (Å²) in [5.41, 5.74) is 2.51. The predicted molar refractivity (Wildman–Crippen MR) is 98.4 cm³/mol. The number of oxazole rings is 1. The first kappa shape index (κ1) is 17.1. The fourth-order valence-electron chi connectivity index (χ4n) is 3.40. The van der Waals surface area contributed by atoms with Crippen molar-refractivity contribution < 1.29 is 14.0 Å². The average molecular weight is 368 g/mol. The first-order valence-electron chi connectivity index (χ1n) is 8.92. The molecule has 4 rings (SSSR count). The Bertz CT molecular complexity index is 1020. The molecule has 27 heavy (non-hydrogen) atoms. The number of aromatic amines is 2. The van der Waals surface area contributed by atoms with Crippen molar-refractivity contribution in [3.63, 3.8) is 0 Å². The highest BCUT2D eigenvalue weighted by atomic mass is 16.4. The molecule has 3 heterocycles. The Kier molecular flexibility index (Phi) is 4.53. The first-order chi connectivity index (χ1) is 13.1. The van der Waals surface area contributed by atoms with E-state index in [2.05, 4.69) is 9.97 Å². The number of hydrogen-bond donors (Lipinski definition) is 2. The number of carbonyl (C=O) groups excluding carboxylic acids is 2. The molecule has 3 aromatic rings. The molecule has 0 bridgehead atoms. The lowest BCUT2D eigenvalue weighted by Crippen LogP contribution is -2.37. The number of H-pyrrole nitrogens is 2. The fraction of sp³-hybridized carbons (Fsp3) is 0.316. The number of nitrogens with one attached hydrogen (secondary N) is 2. The smallest absolute Gasteiger partial charge is 0.408 e. The van der Waals surface area contributed by atoms with Crippen molar-refractivity contribution in [3.05, 3.63) is 58.3 Å². The number of carbonyl (C=O) groups is 2. The zero-order valence-electron chi connectivity index (χ0n) is 14.7. The van der Waals surface area contributed by atoms with Crippen LogP contribution in [0.1, 0.15) is 22.3 Å². The second kappa shape index (κ2) is 7.14. The maximum atomic E-state index is 12.7. The number of amides is 2. The zero-order chi connectivity index (χ0) is 18.8. The lowest BCUT2D eigenvalue weighted by Gasteiger charge is -2.22. The third-order valence-electron chi connectivity index (χ3n) is 4.82. The summed E-state index contributed by atoms with van der Waals surface area (Å²) in [6.45, 7) is 2.29. The van der Waals surface area contributed by atoms with E-state index in [9.17, 15) is 14.4 Å². The normalized spacial score (nSPS) is 15.1. The van der Waals surface area contributed by atoms with Gasteiger partial charge < -0.3 is 19.2 Å². The van der Waals surface area contributed by atoms with Crippen molar-refractivity contribution in [1.29, 1.82) is 0 Å². The van der Waals surface area contributed by atoms with Crippen molar-refractivity contribution in [2.24, 2.45) is 0 Å². The van der Waals surface area contributed by atoms with Gasteiger partial charge in [0.25, 0.3) is 5.91 Å². The van der Waals surface area contributed by atoms with Crippen LogP contribution in [0.5, 0.6) is 0 Å². The Morgan fingerprint density at radius 2 is 1.89 bits per heavy atom. The molecule has 0 aliphatic carbocycles. The van der Waals surface area contributed by atoms with Crippen LogP contribution in [0.15, 0.2) is 45.9 Å². The molecule has 0 atom stereocenters. The summed E-state index contributed by atoms with van der Waals surface area (Å²) in [6, 6.07) is 7.00. The zero-order valence-corrected chi connectivity index (χ0v) is 14.7. The fourth-order valence-corrected chi connectivity index (χ4v) is 3.40. The van der Waals surface area contributed by atoms with Crippen molar-refractivity contribution >= 4 is 22.9 Å². The van der Waals surface area contributed by atoms with Crippen LogP contribution in [0.4, 0.5) is 0 Å². The van der Waals surface area contributed by atoms with Gasteiger partial charge in [0.15, 0.2) is 5.58 Å². The molecule has 0 saturated carbocycles. The molecule has 2 amide bonds. The molecule has 1 saturated heterocycles. The average Bonchev–Trinajstić information content (AvgIpc) is 3.23. The summed E-state index contributed by atoms with van der Waals surface area (Å²) < 4.78 is 4.98. The van der Waals surface area contributed by atoms with Crippen LogP contribution in [-0.2, 0) is 11.2 Å². The third-order valence-corrected chi connectivity index (χ3v) is 4.82. The van der Waals surface area contributed by atoms with Gasteiger partial charge in [0.1, 0.15) is 0 Å². The van der Waals surface area contributed by atoms with E-state index in [1.165, 1.54) is 0 Å². The molecule has 0 unspecified atom stereocenters. The quantitative estimate of drug-likeness (QED) is 0.729. The van der Waals surface area contributed by atoms with E-state index >= 15 is 0 Å². The molecular formula is C19H20N4O4. The van der Waals surface area contributed by atoms with Crippen molar-refractivity contribution in [2.45, 2.75) is 12.8 Å². The topological polar surface area (TPSA) is 102 Å². The Morgan fingerprint density at radius 3 is 2.70 bits per heavy atom. The highest BCUT2D eigenvalue weighted by Crippen LogP contribution is 2.15. The summed E-state index contributed by atoms with van der Waals surface area (Å²) in [7, 11) is 0. The van der Waals surface area contributed by atoms with Crippen molar-refractivity contribution in [1.82, 2.24) is 19.8 Å². The number of aromatic nitrogens is 2. The molecule has 1 aliphatic heterocycles. The van der Waals surface area contributed by atoms with Crippen molar-refractivity contribution in [3.8, 4) is 0 Å². The van der Waals surface area contributed by atoms with Crippen LogP contribution in [0.2, 0.25) is 0 Å². The Morgan fingerprint density at radius 1 is 1.07 bits per heavy atom. The minimum absolute atomic E-state index is 0.0103. The van der Waals surface area contributed by atoms with Gasteiger partial charge in [-0.15, -0.1) is 0 Å². The van der Waals surface area contributed by atoms with E-state index in [0.717, 1.165) is 12.0 Å². The Balaban J connectivity index is 1.40. The van der Waals surface area contributed by atoms with Crippen LogP contribution in [0.3, 0.4) is 0 Å². The van der Waals surface area contributed by atoms with Gasteiger partial charge in [0, 0.05) is 38.6 Å². The number of hydrogen-bond acceptors (Lipinski definition) is 4. The van der Waals surface area contributed by atoms with Crippen LogP contribution in [-0.4, -0.2) is 57.8 Å². The van der Waals surface area contributed by atoms with Gasteiger partial charge in [-0.25, -0.2) is 4.79 Å². The lowest BCUT2D eigenvalue weighted by molar-refractivity contribution is -0.130. The minimum atomic E-state index is -0.506. The maximum absolute atomic E-state index is 12.7. The molecular weight excluding hydrogens is 348 g/mol. The number of fused-ring (bicyclic) bond motifs is 1. The molecule has 1 aromatic carbocycles. The SMILES string of the molecule is O=C(Cc1ccc2oc(=O)[nH]c2c1)N1CCCN(C(=O)c2cc[nH]c2)CC1. The highest BCUT2D eigenvalue weighted by molar-refractivity contribution is 5.94. The molecule has 140 valence electrons. The largest absolute Gasteiger partial charge is 0.417 e. The van der Waals surface area contributed by atoms with E-state index < -0.39 is 5.76 Å². The van der Waals surface area contributed by atoms with Gasteiger partial charge >= 0.3 is 5.76 Å². The van der Waals surface area contributed by atoms with Gasteiger partial charge in [-0.2, -0.15) is 0 Å². The molecule has 2 aromatic heterocycles. The van der Waals surface area contributed by atoms with E-state index in [1.807, 2.05) is 0 Å². The van der Waals surface area contributed by atoms with Gasteiger partial charge in [0.05, 0.1) is 17.5 Å². The third kappa shape index (κ3) is 3.64. The van der Waals surface area contributed by atoms with Crippen LogP contribution < -0.4 is 5.76 Å². The lowest BCUT2D eigenvalue weighted by atomic mass is 10.1. The second-order valence-corrected chi connectivity index (χ2v) is 6.65. The van der Waals surface area contributed by atoms with E-state index in [-0.39, 0.29) is 18.2 Å². The minimum Gasteiger partial charge on any atom is -0.408 e. The summed E-state index contributed by atoms with van der Waals surface area (Å²) in [6.07, 6.45) is 4.41.